The molecule has 0 aromatic rings. The highest BCUT2D eigenvalue weighted by Gasteiger charge is 2.30. The van der Waals surface area contributed by atoms with Crippen LogP contribution in [0.25, 0.3) is 0 Å². The van der Waals surface area contributed by atoms with Gasteiger partial charge in [-0.25, -0.2) is 0 Å². The third kappa shape index (κ3) is 2.19. The zero-order valence-electron chi connectivity index (χ0n) is 6.75. The Morgan fingerprint density at radius 1 is 1.55 bits per heavy atom. The molecule has 0 heterocycles. The van der Waals surface area contributed by atoms with E-state index in [1.165, 1.54) is 6.92 Å². The van der Waals surface area contributed by atoms with Crippen LogP contribution in [0, 0.1) is 11.8 Å². The Bertz CT molecular complexity index is 142. The zero-order valence-corrected chi connectivity index (χ0v) is 6.75. The molecule has 0 aromatic heterocycles. The highest BCUT2D eigenvalue weighted by atomic mass is 16.5. The minimum atomic E-state index is -0.228. The highest BCUT2D eigenvalue weighted by Crippen LogP contribution is 2.33. The van der Waals surface area contributed by atoms with Crippen LogP contribution in [-0.2, 0) is 9.53 Å². The van der Waals surface area contributed by atoms with Gasteiger partial charge in [-0.1, -0.05) is 0 Å². The lowest BCUT2D eigenvalue weighted by Gasteiger charge is -2.34. The molecule has 1 fully saturated rings. The quantitative estimate of drug-likeness (QED) is 0.611. The number of hydrogen-bond donors (Lipinski definition) is 1. The smallest absolute Gasteiger partial charge is 0.302 e. The number of aliphatic hydroxyl groups excluding tert-OH is 1. The summed E-state index contributed by atoms with van der Waals surface area (Å²) in [5.41, 5.74) is 0. The summed E-state index contributed by atoms with van der Waals surface area (Å²) in [4.78, 5) is 10.4. The SMILES string of the molecule is CC(=O)OC[C@@H]1CC[C@H]1CO. The maximum Gasteiger partial charge on any atom is 0.302 e. The molecule has 1 aliphatic carbocycles. The topological polar surface area (TPSA) is 46.5 Å². The van der Waals surface area contributed by atoms with E-state index in [0.717, 1.165) is 12.8 Å². The second-order valence-corrected chi connectivity index (χ2v) is 3.08. The van der Waals surface area contributed by atoms with Gasteiger partial charge in [0.2, 0.25) is 0 Å². The van der Waals surface area contributed by atoms with Gasteiger partial charge in [0, 0.05) is 13.5 Å². The Morgan fingerprint density at radius 3 is 2.55 bits per heavy atom. The maximum atomic E-state index is 10.4. The van der Waals surface area contributed by atoms with Crippen molar-refractivity contribution in [2.45, 2.75) is 19.8 Å². The van der Waals surface area contributed by atoms with Crippen LogP contribution >= 0.6 is 0 Å². The van der Waals surface area contributed by atoms with Gasteiger partial charge in [0.25, 0.3) is 0 Å². The molecular formula is C8H14O3. The molecule has 3 nitrogen and oxygen atoms in total. The highest BCUT2D eigenvalue weighted by molar-refractivity contribution is 5.65. The van der Waals surface area contributed by atoms with Crippen LogP contribution in [0.3, 0.4) is 0 Å². The first kappa shape index (κ1) is 8.53. The zero-order chi connectivity index (χ0) is 8.27. The number of rotatable bonds is 3. The van der Waals surface area contributed by atoms with Crippen molar-refractivity contribution in [3.8, 4) is 0 Å². The molecule has 0 bridgehead atoms. The lowest BCUT2D eigenvalue weighted by molar-refractivity contribution is -0.144. The van der Waals surface area contributed by atoms with E-state index in [1.54, 1.807) is 0 Å². The van der Waals surface area contributed by atoms with Crippen molar-refractivity contribution in [2.24, 2.45) is 11.8 Å². The third-order valence-corrected chi connectivity index (χ3v) is 2.31. The molecule has 2 atom stereocenters. The van der Waals surface area contributed by atoms with Gasteiger partial charge in [0.1, 0.15) is 0 Å². The predicted molar refractivity (Wildman–Crippen MR) is 39.9 cm³/mol. The molecule has 0 aliphatic heterocycles. The fourth-order valence-electron chi connectivity index (χ4n) is 1.32. The first-order chi connectivity index (χ1) is 5.24. The molecular weight excluding hydrogens is 144 g/mol. The molecule has 1 N–H and O–H groups in total. The normalized spacial score (nSPS) is 29.3. The van der Waals surface area contributed by atoms with Crippen LogP contribution in [0.4, 0.5) is 0 Å². The van der Waals surface area contributed by atoms with Crippen molar-refractivity contribution < 1.29 is 14.6 Å². The van der Waals surface area contributed by atoms with E-state index in [0.29, 0.717) is 18.4 Å². The standard InChI is InChI=1S/C8H14O3/c1-6(10)11-5-8-3-2-7(8)4-9/h7-9H,2-5H2,1H3/t7-,8-/m0/s1. The average molecular weight is 158 g/mol. The number of carbonyl (C=O) groups excluding carboxylic acids is 1. The average Bonchev–Trinajstić information content (AvgIpc) is 1.86. The van der Waals surface area contributed by atoms with Crippen molar-refractivity contribution in [3.63, 3.8) is 0 Å². The Labute approximate surface area is 66.4 Å². The Balaban J connectivity index is 2.12. The molecule has 1 rings (SSSR count). The van der Waals surface area contributed by atoms with E-state index in [4.69, 9.17) is 9.84 Å². The van der Waals surface area contributed by atoms with Gasteiger partial charge in [0.15, 0.2) is 0 Å². The molecule has 0 saturated heterocycles. The summed E-state index contributed by atoms with van der Waals surface area (Å²) in [6, 6.07) is 0. The van der Waals surface area contributed by atoms with Crippen molar-refractivity contribution in [1.29, 1.82) is 0 Å². The van der Waals surface area contributed by atoms with Gasteiger partial charge in [-0.15, -0.1) is 0 Å². The summed E-state index contributed by atoms with van der Waals surface area (Å²) in [5, 5.41) is 8.78. The van der Waals surface area contributed by atoms with Gasteiger partial charge in [-0.2, -0.15) is 0 Å². The molecule has 3 heteroatoms. The third-order valence-electron chi connectivity index (χ3n) is 2.31. The monoisotopic (exact) mass is 158 g/mol. The number of carbonyl (C=O) groups is 1. The molecule has 0 aromatic carbocycles. The summed E-state index contributed by atoms with van der Waals surface area (Å²) in [6.45, 7) is 2.12. The summed E-state index contributed by atoms with van der Waals surface area (Å²) in [5.74, 6) is 0.548. The van der Waals surface area contributed by atoms with E-state index >= 15 is 0 Å². The second-order valence-electron chi connectivity index (χ2n) is 3.08. The molecule has 1 saturated carbocycles. The van der Waals surface area contributed by atoms with Gasteiger partial charge >= 0.3 is 5.97 Å². The van der Waals surface area contributed by atoms with Crippen LogP contribution in [0.1, 0.15) is 19.8 Å². The molecule has 0 radical (unpaired) electrons. The minimum Gasteiger partial charge on any atom is -0.466 e. The number of ether oxygens (including phenoxy) is 1. The minimum absolute atomic E-state index is 0.228. The summed E-state index contributed by atoms with van der Waals surface area (Å²) < 4.78 is 4.83. The van der Waals surface area contributed by atoms with Crippen LogP contribution in [0.2, 0.25) is 0 Å². The van der Waals surface area contributed by atoms with Crippen LogP contribution in [0.5, 0.6) is 0 Å². The Morgan fingerprint density at radius 2 is 2.18 bits per heavy atom. The van der Waals surface area contributed by atoms with Crippen LogP contribution in [-0.4, -0.2) is 24.3 Å². The fraction of sp³-hybridized carbons (Fsp3) is 0.875. The number of aliphatic hydroxyl groups is 1. The molecule has 11 heavy (non-hydrogen) atoms. The maximum absolute atomic E-state index is 10.4. The molecule has 0 spiro atoms. The summed E-state index contributed by atoms with van der Waals surface area (Å²) in [6.07, 6.45) is 2.15. The van der Waals surface area contributed by atoms with Gasteiger partial charge in [0.05, 0.1) is 6.61 Å². The molecule has 0 amide bonds. The van der Waals surface area contributed by atoms with E-state index in [1.807, 2.05) is 0 Å². The first-order valence-corrected chi connectivity index (χ1v) is 3.98. The fourth-order valence-corrected chi connectivity index (χ4v) is 1.32. The molecule has 64 valence electrons. The molecule has 0 unspecified atom stereocenters. The number of hydrogen-bond acceptors (Lipinski definition) is 3. The van der Waals surface area contributed by atoms with E-state index in [2.05, 4.69) is 0 Å². The van der Waals surface area contributed by atoms with E-state index in [-0.39, 0.29) is 12.6 Å². The van der Waals surface area contributed by atoms with Crippen molar-refractivity contribution in [2.75, 3.05) is 13.2 Å². The Hall–Kier alpha value is -0.570. The van der Waals surface area contributed by atoms with Crippen LogP contribution < -0.4 is 0 Å². The predicted octanol–water partition coefficient (Wildman–Crippen LogP) is 0.568. The van der Waals surface area contributed by atoms with E-state index < -0.39 is 0 Å². The first-order valence-electron chi connectivity index (χ1n) is 3.98. The van der Waals surface area contributed by atoms with Gasteiger partial charge < -0.3 is 9.84 Å². The lowest BCUT2D eigenvalue weighted by atomic mass is 9.75. The lowest BCUT2D eigenvalue weighted by Crippen LogP contribution is -2.32. The summed E-state index contributed by atoms with van der Waals surface area (Å²) >= 11 is 0. The van der Waals surface area contributed by atoms with Crippen LogP contribution in [0.15, 0.2) is 0 Å². The van der Waals surface area contributed by atoms with Crippen molar-refractivity contribution in [1.82, 2.24) is 0 Å². The van der Waals surface area contributed by atoms with Gasteiger partial charge in [-0.05, 0) is 24.7 Å². The Kier molecular flexibility index (Phi) is 2.88. The number of esters is 1. The van der Waals surface area contributed by atoms with Crippen molar-refractivity contribution in [3.05, 3.63) is 0 Å². The largest absolute Gasteiger partial charge is 0.466 e. The molecule has 1 aliphatic rings. The van der Waals surface area contributed by atoms with Gasteiger partial charge in [-0.3, -0.25) is 4.79 Å². The second kappa shape index (κ2) is 3.72. The summed E-state index contributed by atoms with van der Waals surface area (Å²) in [7, 11) is 0. The van der Waals surface area contributed by atoms with Crippen molar-refractivity contribution >= 4 is 5.97 Å². The van der Waals surface area contributed by atoms with E-state index in [9.17, 15) is 4.79 Å².